The molecule has 0 amide bonds. The summed E-state index contributed by atoms with van der Waals surface area (Å²) in [7, 11) is 0. The molecule has 0 atom stereocenters. The fraction of sp³-hybridized carbons (Fsp3) is 0. The first-order valence-corrected chi connectivity index (χ1v) is 0. The van der Waals surface area contributed by atoms with E-state index >= 15 is 0 Å². The molecule has 0 radical (unpaired) electrons. The second-order valence-corrected chi connectivity index (χ2v) is 0. The minimum atomic E-state index is 0. The molecule has 0 aromatic rings. The van der Waals surface area contributed by atoms with Crippen LogP contribution in [0.25, 0.3) is 0 Å². The molecule has 0 bridgehead atoms. The van der Waals surface area contributed by atoms with Crippen molar-refractivity contribution in [1.29, 1.82) is 0 Å². The molecule has 0 aliphatic rings. The SMILES string of the molecule is [Ba+2].[Ba+2].[BaH2].[BaH2].[O-2].[O-2].[O-2].[O-2].[O-2].[O-2].[O-2].[SrH2].[SrH2].[V+5].[V+5]. The molecule has 0 heterocycles. The van der Waals surface area contributed by atoms with Gasteiger partial charge in [-0.1, -0.05) is 0 Å². The van der Waals surface area contributed by atoms with Gasteiger partial charge < -0.3 is 38.3 Å². The van der Waals surface area contributed by atoms with Gasteiger partial charge in [0, 0.05) is 0 Å². The molecule has 0 aromatic heterocycles. The van der Waals surface area contributed by atoms with Gasteiger partial charge in [0.15, 0.2) is 0 Å². The summed E-state index contributed by atoms with van der Waals surface area (Å²) < 4.78 is 0. The van der Waals surface area contributed by atoms with Crippen LogP contribution in [0.5, 0.6) is 0 Å². The van der Waals surface area contributed by atoms with Crippen LogP contribution in [0.1, 0.15) is 0 Å². The van der Waals surface area contributed by atoms with Gasteiger partial charge in [-0.15, -0.1) is 0 Å². The monoisotopic (exact) mass is 949 g/mol. The molecule has 0 saturated carbocycles. The number of hydrogen-bond donors (Lipinski definition) is 0. The van der Waals surface area contributed by atoms with E-state index in [9.17, 15) is 0 Å². The maximum Gasteiger partial charge on any atom is 5.00 e. The molecule has 0 saturated heterocycles. The Hall–Kier alpha value is 10.1. The van der Waals surface area contributed by atoms with Gasteiger partial charge in [0.1, 0.15) is 0 Å². The van der Waals surface area contributed by atoms with E-state index in [1.807, 2.05) is 0 Å². The molecule has 0 spiro atoms. The van der Waals surface area contributed by atoms with E-state index in [4.69, 9.17) is 0 Å². The molecule has 0 aromatic carbocycles. The van der Waals surface area contributed by atoms with Crippen molar-refractivity contribution < 1.29 is 75.4 Å². The van der Waals surface area contributed by atoms with Crippen molar-refractivity contribution in [2.45, 2.75) is 0 Å². The van der Waals surface area contributed by atoms with E-state index in [1.165, 1.54) is 0 Å². The van der Waals surface area contributed by atoms with Gasteiger partial charge in [-0.05, 0) is 0 Å². The first kappa shape index (κ1) is 143. The molecule has 0 aliphatic carbocycles. The minimum absolute atomic E-state index is 0. The molecule has 0 rings (SSSR count). The van der Waals surface area contributed by atoms with Crippen molar-refractivity contribution in [3.05, 3.63) is 0 Å². The van der Waals surface area contributed by atoms with E-state index in [2.05, 4.69) is 0 Å². The van der Waals surface area contributed by atoms with Crippen molar-refractivity contribution in [3.63, 3.8) is 0 Å². The quantitative estimate of drug-likeness (QED) is 0.210. The van der Waals surface area contributed by atoms with E-state index in [0.717, 1.165) is 0 Å². The first-order valence-electron chi connectivity index (χ1n) is 0. The van der Waals surface area contributed by atoms with Gasteiger partial charge in [-0.3, -0.25) is 0 Å². The van der Waals surface area contributed by atoms with Gasteiger partial charge in [0.2, 0.25) is 0 Å². The van der Waals surface area contributed by atoms with Gasteiger partial charge >= 0.3 is 324 Å². The van der Waals surface area contributed by atoms with Crippen LogP contribution in [0.2, 0.25) is 0 Å². The van der Waals surface area contributed by atoms with E-state index in [0.29, 0.717) is 0 Å². The Morgan fingerprint density at radius 2 is 0.333 bits per heavy atom. The van der Waals surface area contributed by atoms with Gasteiger partial charge in [-0.25, -0.2) is 0 Å². The summed E-state index contributed by atoms with van der Waals surface area (Å²) in [5, 5.41) is 0. The third-order valence-electron chi connectivity index (χ3n) is 0. The van der Waals surface area contributed by atoms with Crippen LogP contribution in [0, 0.1) is 0 Å². The normalized spacial score (nSPS) is 0. The number of hydrogen-bond acceptors (Lipinski definition) is 0. The second-order valence-electron chi connectivity index (χ2n) is 0. The maximum absolute atomic E-state index is 0. The standard InChI is InChI=1S/4Ba.7O.2Sr.2V.8H/q;;2*+2;7*-2;;;2*+5;;;;;;;;. The fourth-order valence-corrected chi connectivity index (χ4v) is 0. The van der Waals surface area contributed by atoms with Crippen molar-refractivity contribution in [1.82, 2.24) is 0 Å². The summed E-state index contributed by atoms with van der Waals surface area (Å²) in [6.07, 6.45) is 0. The second kappa shape index (κ2) is 126. The zero-order chi connectivity index (χ0) is 0. The Balaban J connectivity index is 0. The third-order valence-corrected chi connectivity index (χ3v) is 0. The van der Waals surface area contributed by atoms with Crippen LogP contribution in [-0.4, -0.2) is 286 Å². The molecule has 0 unspecified atom stereocenters. The summed E-state index contributed by atoms with van der Waals surface area (Å²) in [4.78, 5) is 0. The zero-order valence-corrected chi connectivity index (χ0v) is 16.8. The molecule has 0 fully saturated rings. The Morgan fingerprint density at radius 1 is 0.333 bits per heavy atom. The van der Waals surface area contributed by atoms with Gasteiger partial charge in [-0.2, -0.15) is 0 Å². The first-order chi connectivity index (χ1) is 0. The van der Waals surface area contributed by atoms with Crippen molar-refractivity contribution in [2.24, 2.45) is 0 Å². The molecule has 72 valence electrons. The molecule has 0 aliphatic heterocycles. The Bertz CT molecular complexity index is 27.0. The van der Waals surface area contributed by atoms with Crippen molar-refractivity contribution in [3.8, 4) is 0 Å². The zero-order valence-electron chi connectivity index (χ0n) is 5.17. The average molecular weight is 946 g/mol. The van der Waals surface area contributed by atoms with Gasteiger partial charge in [0.05, 0.1) is 0 Å². The predicted molar refractivity (Wildman–Crippen MR) is 50.5 cm³/mol. The Labute approximate surface area is 349 Å². The van der Waals surface area contributed by atoms with Crippen LogP contribution in [0.15, 0.2) is 0 Å². The molecule has 15 heavy (non-hydrogen) atoms. The molecule has 0 N–H and O–H groups in total. The number of rotatable bonds is 0. The summed E-state index contributed by atoms with van der Waals surface area (Å²) >= 11 is 0. The van der Waals surface area contributed by atoms with Crippen molar-refractivity contribution >= 4 is 286 Å². The minimum Gasteiger partial charge on any atom is 5.00 e. The van der Waals surface area contributed by atoms with Crippen LogP contribution in [0.4, 0.5) is 0 Å². The van der Waals surface area contributed by atoms with Gasteiger partial charge in [0.25, 0.3) is 0 Å². The van der Waals surface area contributed by atoms with E-state index in [-0.39, 0.29) is 362 Å². The summed E-state index contributed by atoms with van der Waals surface area (Å²) in [6.45, 7) is 0. The van der Waals surface area contributed by atoms with Crippen LogP contribution >= 0.6 is 0 Å². The topological polar surface area (TPSA) is 200 Å². The predicted octanol–water partition coefficient (Wildman–Crippen LogP) is -5.26. The Morgan fingerprint density at radius 3 is 0.333 bits per heavy atom. The summed E-state index contributed by atoms with van der Waals surface area (Å²) in [6, 6.07) is 0. The smallest absolute Gasteiger partial charge is 5.00 e. The largest absolute Gasteiger partial charge is 5.00 e. The molecule has 15 heteroatoms. The average Bonchev–Trinajstić information content (AvgIpc) is 0. The maximum atomic E-state index is 0. The fourth-order valence-electron chi connectivity index (χ4n) is 0. The Kier molecular flexibility index (Phi) is 1190. The van der Waals surface area contributed by atoms with Crippen molar-refractivity contribution in [2.75, 3.05) is 0 Å². The third kappa shape index (κ3) is 115. The van der Waals surface area contributed by atoms with E-state index in [1.54, 1.807) is 0 Å². The van der Waals surface area contributed by atoms with Crippen LogP contribution < -0.4 is 0 Å². The van der Waals surface area contributed by atoms with Crippen LogP contribution in [0.3, 0.4) is 0 Å². The molecular formula is H8Ba4O7Sr2V2. The van der Waals surface area contributed by atoms with E-state index < -0.39 is 0 Å². The summed E-state index contributed by atoms with van der Waals surface area (Å²) in [5.74, 6) is 0. The van der Waals surface area contributed by atoms with Crippen LogP contribution in [-0.2, 0) is 75.4 Å². The molecule has 7 nitrogen and oxygen atoms in total. The summed E-state index contributed by atoms with van der Waals surface area (Å²) in [5.41, 5.74) is 0. The molecular weight excluding hydrogens is 938 g/mol.